The first-order chi connectivity index (χ1) is 12.0. The number of amides is 1. The molecule has 1 N–H and O–H groups in total. The predicted octanol–water partition coefficient (Wildman–Crippen LogP) is 1.99. The minimum absolute atomic E-state index is 0.0170. The number of β-amino-alcohol motifs (C(OH)–C–C–N with tert-alkyl or cyclic N) is 1. The molecule has 1 aromatic heterocycles. The fourth-order valence-corrected chi connectivity index (χ4v) is 3.19. The summed E-state index contributed by atoms with van der Waals surface area (Å²) < 4.78 is 10.6. The van der Waals surface area contributed by atoms with Gasteiger partial charge in [-0.15, -0.1) is 0 Å². The fourth-order valence-electron chi connectivity index (χ4n) is 3.19. The molecule has 3 rings (SSSR count). The predicted molar refractivity (Wildman–Crippen MR) is 92.3 cm³/mol. The van der Waals surface area contributed by atoms with Gasteiger partial charge >= 0.3 is 0 Å². The number of aryl methyl sites for hydroxylation is 1. The van der Waals surface area contributed by atoms with Crippen molar-refractivity contribution in [1.82, 2.24) is 10.1 Å². The first kappa shape index (κ1) is 17.5. The van der Waals surface area contributed by atoms with Crippen molar-refractivity contribution in [3.8, 4) is 5.75 Å². The molecule has 0 radical (unpaired) electrons. The van der Waals surface area contributed by atoms with Crippen molar-refractivity contribution in [1.29, 1.82) is 0 Å². The molecule has 6 nitrogen and oxygen atoms in total. The molecule has 1 aliphatic rings. The summed E-state index contributed by atoms with van der Waals surface area (Å²) in [7, 11) is 0. The second-order valence-corrected chi connectivity index (χ2v) is 6.52. The molecular weight excluding hydrogens is 320 g/mol. The highest BCUT2D eigenvalue weighted by molar-refractivity contribution is 5.79. The molecule has 1 amide bonds. The number of benzene rings is 1. The fraction of sp³-hybridized carbons (Fsp3) is 0.474. The van der Waals surface area contributed by atoms with Crippen molar-refractivity contribution in [2.24, 2.45) is 5.92 Å². The molecule has 0 bridgehead atoms. The number of nitrogens with zero attached hydrogens (tertiary/aromatic N) is 2. The molecule has 0 aliphatic carbocycles. The largest absolute Gasteiger partial charge is 0.494 e. The highest BCUT2D eigenvalue weighted by atomic mass is 16.5. The number of likely N-dealkylation sites (tertiary alicyclic amines) is 1. The lowest BCUT2D eigenvalue weighted by Gasteiger charge is -2.16. The van der Waals surface area contributed by atoms with Gasteiger partial charge in [-0.2, -0.15) is 0 Å². The highest BCUT2D eigenvalue weighted by Crippen LogP contribution is 2.23. The molecule has 1 aromatic carbocycles. The van der Waals surface area contributed by atoms with Crippen LogP contribution in [0.3, 0.4) is 0 Å². The number of aliphatic hydroxyl groups is 1. The van der Waals surface area contributed by atoms with E-state index in [0.717, 1.165) is 22.8 Å². The summed E-state index contributed by atoms with van der Waals surface area (Å²) in [6.07, 6.45) is 0.386. The van der Waals surface area contributed by atoms with Gasteiger partial charge in [0.15, 0.2) is 0 Å². The van der Waals surface area contributed by atoms with Crippen molar-refractivity contribution in [3.05, 3.63) is 47.3 Å². The van der Waals surface area contributed by atoms with Gasteiger partial charge in [-0.05, 0) is 31.5 Å². The van der Waals surface area contributed by atoms with Crippen LogP contribution in [-0.2, 0) is 17.6 Å². The summed E-state index contributed by atoms with van der Waals surface area (Å²) in [4.78, 5) is 14.3. The molecule has 25 heavy (non-hydrogen) atoms. The SMILES string of the molecule is CCOc1ccc(CC(=O)N2CC(O)C(Cc3cc(C)no3)C2)cc1. The molecule has 2 heterocycles. The lowest BCUT2D eigenvalue weighted by molar-refractivity contribution is -0.129. The number of carbonyl (C=O) groups excluding carboxylic acids is 1. The molecule has 1 fully saturated rings. The Hall–Kier alpha value is -2.34. The number of rotatable bonds is 6. The van der Waals surface area contributed by atoms with Crippen LogP contribution >= 0.6 is 0 Å². The van der Waals surface area contributed by atoms with Crippen LogP contribution in [0.1, 0.15) is 23.9 Å². The number of carbonyl (C=O) groups is 1. The van der Waals surface area contributed by atoms with Crippen molar-refractivity contribution in [2.45, 2.75) is 32.8 Å². The lowest BCUT2D eigenvalue weighted by Crippen LogP contribution is -2.31. The molecule has 0 spiro atoms. The van der Waals surface area contributed by atoms with E-state index in [1.807, 2.05) is 44.2 Å². The standard InChI is InChI=1S/C19H24N2O4/c1-3-24-16-6-4-14(5-7-16)9-19(23)21-11-15(18(22)12-21)10-17-8-13(2)20-25-17/h4-8,15,18,22H,3,9-12H2,1-2H3. The third-order valence-electron chi connectivity index (χ3n) is 4.49. The van der Waals surface area contributed by atoms with E-state index in [0.29, 0.717) is 32.5 Å². The van der Waals surface area contributed by atoms with E-state index in [-0.39, 0.29) is 11.8 Å². The monoisotopic (exact) mass is 344 g/mol. The van der Waals surface area contributed by atoms with Gasteiger partial charge < -0.3 is 19.3 Å². The summed E-state index contributed by atoms with van der Waals surface area (Å²) in [6.45, 7) is 5.33. The van der Waals surface area contributed by atoms with Gasteiger partial charge in [-0.3, -0.25) is 4.79 Å². The second kappa shape index (κ2) is 7.70. The van der Waals surface area contributed by atoms with Crippen LogP contribution < -0.4 is 4.74 Å². The lowest BCUT2D eigenvalue weighted by atomic mass is 10.0. The molecule has 1 saturated heterocycles. The Kier molecular flexibility index (Phi) is 5.38. The van der Waals surface area contributed by atoms with Gasteiger partial charge in [-0.1, -0.05) is 17.3 Å². The summed E-state index contributed by atoms with van der Waals surface area (Å²) in [6, 6.07) is 9.44. The van der Waals surface area contributed by atoms with Crippen LogP contribution in [0.4, 0.5) is 0 Å². The van der Waals surface area contributed by atoms with E-state index in [1.165, 1.54) is 0 Å². The van der Waals surface area contributed by atoms with Gasteiger partial charge in [-0.25, -0.2) is 0 Å². The van der Waals surface area contributed by atoms with Gasteiger partial charge in [0.2, 0.25) is 5.91 Å². The van der Waals surface area contributed by atoms with Gasteiger partial charge in [0, 0.05) is 31.5 Å². The Bertz CT molecular complexity index is 710. The molecule has 134 valence electrons. The Morgan fingerprint density at radius 3 is 2.76 bits per heavy atom. The summed E-state index contributed by atoms with van der Waals surface area (Å²) >= 11 is 0. The van der Waals surface area contributed by atoms with Crippen molar-refractivity contribution >= 4 is 5.91 Å². The Balaban J connectivity index is 1.55. The summed E-state index contributed by atoms with van der Waals surface area (Å²) in [5.41, 5.74) is 1.77. The van der Waals surface area contributed by atoms with Crippen LogP contribution in [0.2, 0.25) is 0 Å². The Labute approximate surface area is 147 Å². The Morgan fingerprint density at radius 1 is 1.36 bits per heavy atom. The Morgan fingerprint density at radius 2 is 2.12 bits per heavy atom. The first-order valence-electron chi connectivity index (χ1n) is 8.65. The van der Waals surface area contributed by atoms with E-state index in [2.05, 4.69) is 5.16 Å². The number of hydrogen-bond acceptors (Lipinski definition) is 5. The van der Waals surface area contributed by atoms with Crippen molar-refractivity contribution < 1.29 is 19.2 Å². The quantitative estimate of drug-likeness (QED) is 0.867. The molecule has 2 aromatic rings. The normalized spacial score (nSPS) is 20.0. The minimum atomic E-state index is -0.533. The zero-order chi connectivity index (χ0) is 17.8. The smallest absolute Gasteiger partial charge is 0.227 e. The van der Waals surface area contributed by atoms with E-state index in [4.69, 9.17) is 9.26 Å². The third-order valence-corrected chi connectivity index (χ3v) is 4.49. The number of aromatic nitrogens is 1. The van der Waals surface area contributed by atoms with E-state index in [9.17, 15) is 9.90 Å². The van der Waals surface area contributed by atoms with E-state index < -0.39 is 6.10 Å². The van der Waals surface area contributed by atoms with Crippen molar-refractivity contribution in [2.75, 3.05) is 19.7 Å². The maximum atomic E-state index is 12.5. The summed E-state index contributed by atoms with van der Waals surface area (Å²) in [5.74, 6) is 1.57. The zero-order valence-electron chi connectivity index (χ0n) is 14.6. The number of hydrogen-bond donors (Lipinski definition) is 1. The summed E-state index contributed by atoms with van der Waals surface area (Å²) in [5, 5.41) is 14.1. The van der Waals surface area contributed by atoms with Crippen LogP contribution in [0.5, 0.6) is 5.75 Å². The third kappa shape index (κ3) is 4.39. The molecule has 2 unspecified atom stereocenters. The van der Waals surface area contributed by atoms with Crippen molar-refractivity contribution in [3.63, 3.8) is 0 Å². The molecular formula is C19H24N2O4. The van der Waals surface area contributed by atoms with Crippen LogP contribution in [0.15, 0.2) is 34.9 Å². The molecule has 2 atom stereocenters. The molecule has 1 aliphatic heterocycles. The number of ether oxygens (including phenoxy) is 1. The van der Waals surface area contributed by atoms with Crippen LogP contribution in [-0.4, -0.2) is 46.9 Å². The highest BCUT2D eigenvalue weighted by Gasteiger charge is 2.34. The number of aliphatic hydroxyl groups excluding tert-OH is 1. The minimum Gasteiger partial charge on any atom is -0.494 e. The maximum absolute atomic E-state index is 12.5. The first-order valence-corrected chi connectivity index (χ1v) is 8.65. The van der Waals surface area contributed by atoms with Gasteiger partial charge in [0.05, 0.1) is 24.8 Å². The second-order valence-electron chi connectivity index (χ2n) is 6.52. The van der Waals surface area contributed by atoms with Crippen LogP contribution in [0.25, 0.3) is 0 Å². The molecule has 6 heteroatoms. The van der Waals surface area contributed by atoms with E-state index in [1.54, 1.807) is 4.90 Å². The van der Waals surface area contributed by atoms with Gasteiger partial charge in [0.25, 0.3) is 0 Å². The average molecular weight is 344 g/mol. The average Bonchev–Trinajstić information content (AvgIpc) is 3.16. The van der Waals surface area contributed by atoms with E-state index >= 15 is 0 Å². The topological polar surface area (TPSA) is 75.8 Å². The van der Waals surface area contributed by atoms with Crippen LogP contribution in [0, 0.1) is 12.8 Å². The van der Waals surface area contributed by atoms with Gasteiger partial charge in [0.1, 0.15) is 11.5 Å². The zero-order valence-corrected chi connectivity index (χ0v) is 14.6. The molecule has 0 saturated carbocycles. The maximum Gasteiger partial charge on any atom is 0.227 e.